The lowest BCUT2D eigenvalue weighted by molar-refractivity contribution is -0.137. The van der Waals surface area contributed by atoms with E-state index in [0.717, 1.165) is 127 Å². The molecule has 12 N–H and O–H groups in total. The van der Waals surface area contributed by atoms with Gasteiger partial charge in [0.15, 0.2) is 26.4 Å². The molecule has 4 amide bonds. The number of oxime groups is 4. The van der Waals surface area contributed by atoms with Crippen molar-refractivity contribution in [3.63, 3.8) is 0 Å². The third-order valence-electron chi connectivity index (χ3n) is 23.2. The van der Waals surface area contributed by atoms with E-state index in [1.54, 1.807) is 57.8 Å². The van der Waals surface area contributed by atoms with Crippen LogP contribution in [0.15, 0.2) is 142 Å². The largest absolute Gasteiger partial charge is 0.524 e. The van der Waals surface area contributed by atoms with Gasteiger partial charge in [0.25, 0.3) is 23.6 Å². The molecule has 820 valence electrons. The molecular weight excluding hydrogens is 2130 g/mol. The minimum atomic E-state index is -5.13. The Hall–Kier alpha value is -11.4. The molecule has 0 saturated carbocycles. The predicted molar refractivity (Wildman–Crippen MR) is 552 cm³/mol. The van der Waals surface area contributed by atoms with Gasteiger partial charge in [-0.25, -0.2) is 37.4 Å². The number of phenolic OH excluding ortho intramolecular Hbond substituents is 4. The number of esters is 4. The monoisotopic (exact) mass is 2250 g/mol. The number of amides is 4. The van der Waals surface area contributed by atoms with Crippen molar-refractivity contribution in [2.45, 2.75) is 206 Å². The molecule has 44 nitrogen and oxygen atoms in total. The quantitative estimate of drug-likeness (QED) is 0.0129. The molecule has 0 unspecified atom stereocenters. The summed E-state index contributed by atoms with van der Waals surface area (Å²) in [6.07, 6.45) is 46.1. The minimum Gasteiger partial charge on any atom is -0.506 e. The van der Waals surface area contributed by atoms with E-state index in [-0.39, 0.29) is 176 Å². The Bertz CT molecular complexity index is 5620. The van der Waals surface area contributed by atoms with Crippen molar-refractivity contribution in [2.75, 3.05) is 92.0 Å². The summed E-state index contributed by atoms with van der Waals surface area (Å²) >= 11 is 25.4. The van der Waals surface area contributed by atoms with Gasteiger partial charge in [0.05, 0.1) is 56.2 Å². The summed E-state index contributed by atoms with van der Waals surface area (Å²) in [7, 11) is -20.5. The van der Waals surface area contributed by atoms with Crippen LogP contribution in [-0.2, 0) is 101 Å². The standard InChI is InChI=1S/2C25H32ClN2O9P.2C24H30ClN2O9P/c2*1-17-10-6-3-2-4-7-11-18(27-35-16-22(30)28-12-8-5-9-13-28)14-19-23(25(31)36-17)21(37-38(32,33)34)15-20(29)24(19)26;2*25-23-18-14-17(26-35-16-21(29)27-11-7-5-8-12-27)10-6-3-1-2-4-9-13-34-24(30)22(18)20(15-19(23)28)36-37(31,32)33/h2*3,6-7,11,15,17,29H,2,4-5,8-10,12-14,16H2,1H3,(H2,32,33,34);2*2,4,6,10,15,28H,1,3,5,7-9,11-14,16H2,(H2,31,32,33)/b2*6-3+,11-7+,27-18?;2*4-2+,10-6+,26-17?/t2*17-;;/m11../s1. The molecule has 2 atom stereocenters. The number of phosphoric ester groups is 4. The van der Waals surface area contributed by atoms with Crippen LogP contribution in [0, 0.1) is 0 Å². The van der Waals surface area contributed by atoms with Gasteiger partial charge in [0.1, 0.15) is 80.5 Å². The molecule has 52 heteroatoms. The van der Waals surface area contributed by atoms with Crippen LogP contribution in [0.5, 0.6) is 46.0 Å². The fraction of sp³-hybridized carbons (Fsp3) is 0.469. The van der Waals surface area contributed by atoms with Gasteiger partial charge in [-0.2, -0.15) is 0 Å². The summed E-state index contributed by atoms with van der Waals surface area (Å²) in [6.45, 7) is 7.52. The molecule has 150 heavy (non-hydrogen) atoms. The van der Waals surface area contributed by atoms with Crippen LogP contribution in [0.3, 0.4) is 0 Å². The SMILES string of the molecule is C[C@@H]1C/C=C/CC/C=C/C(=NOCC(=O)N2CCCCC2)Cc2c(Cl)c(O)cc(OP(=O)(O)O)c2C(=O)O1.C[C@@H]1C/C=C/CC/C=C/C(=NOCC(=O)N2CCCCC2)Cc2c(Cl)c(O)cc(OP(=O)(O)O)c2C(=O)O1.O=C1OCC/C=C/CC/C=C/C(=NOCC(=O)N2CCCCC2)Cc2c(Cl)c(O)cc(OP(=O)(O)O)c21.O=C1OCC/C=C/CC/C=C/C(=NOCC(=O)N2CCCCC2)Cc2c(Cl)c(O)cc(OP(=O)(O)O)c21. The van der Waals surface area contributed by atoms with Crippen molar-refractivity contribution >= 4 is 148 Å². The first-order valence-corrected chi connectivity index (χ1v) is 56.1. The van der Waals surface area contributed by atoms with E-state index in [4.69, 9.17) is 93.7 Å². The molecule has 4 aromatic carbocycles. The summed E-state index contributed by atoms with van der Waals surface area (Å²) < 4.78 is 86.7. The number of allylic oxidation sites excluding steroid dienone is 12. The highest BCUT2D eigenvalue weighted by Gasteiger charge is 2.37. The maximum Gasteiger partial charge on any atom is 0.524 e. The van der Waals surface area contributed by atoms with Gasteiger partial charge in [-0.15, -0.1) is 0 Å². The number of fused-ring (bicyclic) bond motifs is 4. The third kappa shape index (κ3) is 42.0. The Kier molecular flexibility index (Phi) is 49.9. The van der Waals surface area contributed by atoms with Gasteiger partial charge < -0.3 is 96.4 Å². The van der Waals surface area contributed by atoms with Crippen LogP contribution in [0.25, 0.3) is 0 Å². The molecule has 4 fully saturated rings. The molecule has 8 heterocycles. The lowest BCUT2D eigenvalue weighted by atomic mass is 9.99. The number of aromatic hydroxyl groups is 4. The number of phenols is 4. The number of likely N-dealkylation sites (tertiary alicyclic amines) is 4. The summed E-state index contributed by atoms with van der Waals surface area (Å²) in [5.74, 6) is -9.24. The number of hydrogen-bond acceptors (Lipinski definition) is 32. The predicted octanol–water partition coefficient (Wildman–Crippen LogP) is 16.4. The van der Waals surface area contributed by atoms with E-state index in [0.29, 0.717) is 104 Å². The van der Waals surface area contributed by atoms with Crippen LogP contribution in [0.4, 0.5) is 0 Å². The zero-order chi connectivity index (χ0) is 109. The Labute approximate surface area is 885 Å². The maximum absolute atomic E-state index is 13.2. The van der Waals surface area contributed by atoms with E-state index in [1.807, 2.05) is 72.9 Å². The fourth-order valence-electron chi connectivity index (χ4n) is 16.0. The first-order chi connectivity index (χ1) is 71.4. The summed E-state index contributed by atoms with van der Waals surface area (Å²) in [4.78, 5) is 205. The minimum absolute atomic E-state index is 0.00112. The van der Waals surface area contributed by atoms with Crippen LogP contribution in [0.1, 0.15) is 232 Å². The smallest absolute Gasteiger partial charge is 0.506 e. The number of cyclic esters (lactones) is 4. The Balaban J connectivity index is 0.000000222. The zero-order valence-electron chi connectivity index (χ0n) is 82.4. The van der Waals surface area contributed by atoms with Gasteiger partial charge in [0, 0.05) is 115 Å². The molecule has 0 radical (unpaired) electrons. The van der Waals surface area contributed by atoms with E-state index < -0.39 is 113 Å². The number of benzene rings is 4. The van der Waals surface area contributed by atoms with Crippen LogP contribution in [-0.4, -0.2) is 254 Å². The molecule has 0 aromatic heterocycles. The molecule has 0 bridgehead atoms. The molecule has 0 spiro atoms. The zero-order valence-corrected chi connectivity index (χ0v) is 89.0. The normalized spacial score (nSPS) is 21.2. The van der Waals surface area contributed by atoms with E-state index in [1.165, 1.54) is 0 Å². The number of ether oxygens (including phenoxy) is 4. The van der Waals surface area contributed by atoms with E-state index in [9.17, 15) is 116 Å². The highest BCUT2D eigenvalue weighted by Crippen LogP contribution is 2.50. The third-order valence-corrected chi connectivity index (χ3v) is 26.6. The second kappa shape index (κ2) is 61.3. The van der Waals surface area contributed by atoms with E-state index in [2.05, 4.69) is 29.7 Å². The van der Waals surface area contributed by atoms with Gasteiger partial charge in [-0.1, -0.05) is 140 Å². The number of carbonyl (C=O) groups is 8. The average molecular weight is 2260 g/mol. The van der Waals surface area contributed by atoms with E-state index >= 15 is 0 Å². The summed E-state index contributed by atoms with van der Waals surface area (Å²) in [5, 5.41) is 56.7. The number of hydrogen-bond donors (Lipinski definition) is 12. The number of rotatable bonds is 20. The lowest BCUT2D eigenvalue weighted by Crippen LogP contribution is -2.37. The van der Waals surface area contributed by atoms with Crippen LogP contribution >= 0.6 is 77.7 Å². The maximum atomic E-state index is 13.2. The van der Waals surface area contributed by atoms with Gasteiger partial charge in [0.2, 0.25) is 0 Å². The summed E-state index contributed by atoms with van der Waals surface area (Å²) in [6, 6.07) is 3.36. The van der Waals surface area contributed by atoms with Crippen molar-refractivity contribution in [2.24, 2.45) is 20.6 Å². The van der Waals surface area contributed by atoms with Crippen molar-refractivity contribution < 1.29 is 173 Å². The first kappa shape index (κ1) is 122. The number of nitrogens with zero attached hydrogens (tertiary/aromatic N) is 8. The van der Waals surface area contributed by atoms with Crippen molar-refractivity contribution in [3.8, 4) is 46.0 Å². The molecule has 8 aliphatic rings. The first-order valence-electron chi connectivity index (χ1n) is 48.5. The Morgan fingerprint density at radius 3 is 0.753 bits per heavy atom. The van der Waals surface area contributed by atoms with Crippen LogP contribution in [0.2, 0.25) is 20.1 Å². The lowest BCUT2D eigenvalue weighted by Gasteiger charge is -2.26. The molecule has 4 aromatic rings. The topological polar surface area (TPSA) is 621 Å². The van der Waals surface area contributed by atoms with Crippen molar-refractivity contribution in [3.05, 3.63) is 186 Å². The Morgan fingerprint density at radius 1 is 0.320 bits per heavy atom. The number of carbonyl (C=O) groups excluding carboxylic acids is 8. The van der Waals surface area contributed by atoms with Gasteiger partial charge >= 0.3 is 55.2 Å². The number of phosphoric acid groups is 4. The second-order valence-corrected chi connectivity index (χ2v) is 41.2. The Morgan fingerprint density at radius 2 is 0.527 bits per heavy atom. The average Bonchev–Trinajstić information content (AvgIpc) is 0.794. The van der Waals surface area contributed by atoms with Crippen molar-refractivity contribution in [1.82, 2.24) is 19.6 Å². The molecule has 4 saturated heterocycles. The van der Waals surface area contributed by atoms with Crippen molar-refractivity contribution in [1.29, 1.82) is 0 Å². The van der Waals surface area contributed by atoms with Crippen LogP contribution < -0.4 is 18.1 Å². The molecule has 12 rings (SSSR count). The van der Waals surface area contributed by atoms with Gasteiger partial charge in [-0.05, 0) is 202 Å². The summed E-state index contributed by atoms with van der Waals surface area (Å²) in [5.41, 5.74) is -0.604. The highest BCUT2D eigenvalue weighted by atomic mass is 35.5. The highest BCUT2D eigenvalue weighted by molar-refractivity contribution is 7.47. The second-order valence-electron chi connectivity index (χ2n) is 35.0. The number of piperidine rings is 4. The molecular formula is C98H124Cl4N8O36P4. The molecule has 0 aliphatic carbocycles. The molecule has 8 aliphatic heterocycles. The number of halogens is 4. The van der Waals surface area contributed by atoms with Gasteiger partial charge in [-0.3, -0.25) is 58.3 Å². The fourth-order valence-corrected chi connectivity index (χ4v) is 18.4.